The third-order valence-corrected chi connectivity index (χ3v) is 2.41. The quantitative estimate of drug-likeness (QED) is 0.550. The summed E-state index contributed by atoms with van der Waals surface area (Å²) in [4.78, 5) is 22.9. The average molecular weight is 250 g/mol. The van der Waals surface area contributed by atoms with E-state index in [2.05, 4.69) is 4.74 Å². The van der Waals surface area contributed by atoms with Gasteiger partial charge < -0.3 is 9.47 Å². The van der Waals surface area contributed by atoms with Crippen molar-refractivity contribution in [3.8, 4) is 0 Å². The number of ether oxygens (including phenoxy) is 2. The van der Waals surface area contributed by atoms with E-state index in [4.69, 9.17) is 4.74 Å². The molecule has 0 aliphatic carbocycles. The molecule has 0 saturated carbocycles. The van der Waals surface area contributed by atoms with Crippen LogP contribution in [0.3, 0.4) is 0 Å². The molecule has 4 nitrogen and oxygen atoms in total. The molecule has 0 bridgehead atoms. The van der Waals surface area contributed by atoms with Gasteiger partial charge in [0.1, 0.15) is 0 Å². The molecule has 0 aliphatic rings. The second kappa shape index (κ2) is 7.61. The molecule has 0 N–H and O–H groups in total. The zero-order valence-electron chi connectivity index (χ0n) is 10.7. The molecule has 18 heavy (non-hydrogen) atoms. The van der Waals surface area contributed by atoms with Crippen LogP contribution in [0, 0.1) is 0 Å². The predicted octanol–water partition coefficient (Wildman–Crippen LogP) is 2.29. The number of Topliss-reactive ketones (excluding diaryl/α,β-unsaturated/α-hetero) is 1. The number of rotatable bonds is 7. The van der Waals surface area contributed by atoms with Crippen molar-refractivity contribution in [3.05, 3.63) is 35.9 Å². The molecule has 0 aliphatic heterocycles. The Hall–Kier alpha value is -1.68. The highest BCUT2D eigenvalue weighted by Gasteiger charge is 2.22. The van der Waals surface area contributed by atoms with E-state index in [1.54, 1.807) is 6.92 Å². The van der Waals surface area contributed by atoms with Crippen LogP contribution in [0.25, 0.3) is 0 Å². The Morgan fingerprint density at radius 2 is 1.78 bits per heavy atom. The number of hydrogen-bond acceptors (Lipinski definition) is 4. The van der Waals surface area contributed by atoms with Crippen molar-refractivity contribution in [2.45, 2.75) is 26.4 Å². The van der Waals surface area contributed by atoms with E-state index >= 15 is 0 Å². The Morgan fingerprint density at radius 3 is 2.33 bits per heavy atom. The van der Waals surface area contributed by atoms with Gasteiger partial charge >= 0.3 is 5.97 Å². The minimum atomic E-state index is -0.793. The summed E-state index contributed by atoms with van der Waals surface area (Å²) < 4.78 is 10.2. The van der Waals surface area contributed by atoms with E-state index < -0.39 is 17.9 Å². The van der Waals surface area contributed by atoms with E-state index in [0.717, 1.165) is 5.56 Å². The van der Waals surface area contributed by atoms with Crippen LogP contribution in [0.4, 0.5) is 0 Å². The molecule has 1 atom stereocenters. The summed E-state index contributed by atoms with van der Waals surface area (Å²) in [5.74, 6) is -1.35. The third kappa shape index (κ3) is 4.30. The Kier molecular flexibility index (Phi) is 6.08. The third-order valence-electron chi connectivity index (χ3n) is 2.41. The summed E-state index contributed by atoms with van der Waals surface area (Å²) in [6.07, 6.45) is -0.385. The van der Waals surface area contributed by atoms with Crippen molar-refractivity contribution in [1.29, 1.82) is 0 Å². The molecule has 0 amide bonds. The fourth-order valence-corrected chi connectivity index (χ4v) is 1.61. The molecule has 4 heteroatoms. The summed E-state index contributed by atoms with van der Waals surface area (Å²) in [5.41, 5.74) is 0.886. The summed E-state index contributed by atoms with van der Waals surface area (Å²) in [5, 5.41) is 0. The highest BCUT2D eigenvalue weighted by molar-refractivity contribution is 6.33. The molecule has 1 aromatic rings. The molecule has 0 spiro atoms. The number of carbonyl (C=O) groups excluding carboxylic acids is 2. The smallest absolute Gasteiger partial charge is 0.374 e. The summed E-state index contributed by atoms with van der Waals surface area (Å²) in [6.45, 7) is 4.21. The number of ketones is 1. The van der Waals surface area contributed by atoms with E-state index in [1.165, 1.54) is 0 Å². The predicted molar refractivity (Wildman–Crippen MR) is 67.1 cm³/mol. The van der Waals surface area contributed by atoms with Gasteiger partial charge in [-0.1, -0.05) is 30.3 Å². The Bertz CT molecular complexity index is 386. The van der Waals surface area contributed by atoms with E-state index in [-0.39, 0.29) is 13.0 Å². The maximum Gasteiger partial charge on any atom is 0.374 e. The SMILES string of the molecule is CCOC(=O)C(=O)CC(OCC)c1ccccc1. The van der Waals surface area contributed by atoms with Gasteiger partial charge in [0.05, 0.1) is 12.7 Å². The minimum Gasteiger partial charge on any atom is -0.460 e. The lowest BCUT2D eigenvalue weighted by Gasteiger charge is -2.16. The zero-order valence-corrected chi connectivity index (χ0v) is 10.7. The van der Waals surface area contributed by atoms with Gasteiger partial charge in [-0.25, -0.2) is 4.79 Å². The van der Waals surface area contributed by atoms with Gasteiger partial charge in [-0.2, -0.15) is 0 Å². The van der Waals surface area contributed by atoms with E-state index in [0.29, 0.717) is 6.61 Å². The van der Waals surface area contributed by atoms with E-state index in [9.17, 15) is 9.59 Å². The van der Waals surface area contributed by atoms with Crippen LogP contribution in [0.2, 0.25) is 0 Å². The van der Waals surface area contributed by atoms with Crippen LogP contribution in [0.5, 0.6) is 0 Å². The lowest BCUT2D eigenvalue weighted by molar-refractivity contribution is -0.154. The summed E-state index contributed by atoms with van der Waals surface area (Å²) in [6, 6.07) is 9.38. The fraction of sp³-hybridized carbons (Fsp3) is 0.429. The molecule has 1 rings (SSSR count). The highest BCUT2D eigenvalue weighted by Crippen LogP contribution is 2.21. The molecular formula is C14H18O4. The van der Waals surface area contributed by atoms with Crippen molar-refractivity contribution in [1.82, 2.24) is 0 Å². The van der Waals surface area contributed by atoms with Crippen molar-refractivity contribution in [2.75, 3.05) is 13.2 Å². The second-order valence-corrected chi connectivity index (χ2v) is 3.70. The van der Waals surface area contributed by atoms with Crippen LogP contribution in [0.15, 0.2) is 30.3 Å². The molecule has 0 fully saturated rings. The highest BCUT2D eigenvalue weighted by atomic mass is 16.5. The Morgan fingerprint density at radius 1 is 1.11 bits per heavy atom. The van der Waals surface area contributed by atoms with Crippen molar-refractivity contribution < 1.29 is 19.1 Å². The van der Waals surface area contributed by atoms with Crippen LogP contribution < -0.4 is 0 Å². The van der Waals surface area contributed by atoms with Crippen LogP contribution in [0.1, 0.15) is 31.9 Å². The molecule has 0 radical (unpaired) electrons. The van der Waals surface area contributed by atoms with E-state index in [1.807, 2.05) is 37.3 Å². The Labute approximate surface area is 107 Å². The van der Waals surface area contributed by atoms with Crippen LogP contribution >= 0.6 is 0 Å². The van der Waals surface area contributed by atoms with Gasteiger partial charge in [-0.3, -0.25) is 4.79 Å². The molecule has 0 saturated heterocycles. The number of carbonyl (C=O) groups is 2. The van der Waals surface area contributed by atoms with Gasteiger partial charge in [-0.05, 0) is 19.4 Å². The minimum absolute atomic E-state index is 0.0106. The molecule has 0 aromatic heterocycles. The standard InChI is InChI=1S/C14H18O4/c1-3-17-13(11-8-6-5-7-9-11)10-12(15)14(16)18-4-2/h5-9,13H,3-4,10H2,1-2H3. The second-order valence-electron chi connectivity index (χ2n) is 3.70. The van der Waals surface area contributed by atoms with Gasteiger partial charge in [0.2, 0.25) is 5.78 Å². The lowest BCUT2D eigenvalue weighted by atomic mass is 10.0. The topological polar surface area (TPSA) is 52.6 Å². The first-order valence-electron chi connectivity index (χ1n) is 6.05. The van der Waals surface area contributed by atoms with Gasteiger partial charge in [0, 0.05) is 13.0 Å². The first-order valence-corrected chi connectivity index (χ1v) is 6.05. The van der Waals surface area contributed by atoms with Crippen LogP contribution in [-0.2, 0) is 19.1 Å². The van der Waals surface area contributed by atoms with Crippen LogP contribution in [-0.4, -0.2) is 25.0 Å². The lowest BCUT2D eigenvalue weighted by Crippen LogP contribution is -2.21. The largest absolute Gasteiger partial charge is 0.460 e. The normalized spacial score (nSPS) is 11.9. The monoisotopic (exact) mass is 250 g/mol. The van der Waals surface area contributed by atoms with Gasteiger partial charge in [0.25, 0.3) is 0 Å². The molecule has 1 unspecified atom stereocenters. The summed E-state index contributed by atoms with van der Waals surface area (Å²) >= 11 is 0. The van der Waals surface area contributed by atoms with Crippen molar-refractivity contribution in [3.63, 3.8) is 0 Å². The first kappa shape index (κ1) is 14.4. The molecule has 0 heterocycles. The average Bonchev–Trinajstić information content (AvgIpc) is 2.39. The van der Waals surface area contributed by atoms with Gasteiger partial charge in [0.15, 0.2) is 0 Å². The molecule has 1 aromatic carbocycles. The fourth-order valence-electron chi connectivity index (χ4n) is 1.61. The maximum absolute atomic E-state index is 11.6. The van der Waals surface area contributed by atoms with Crippen molar-refractivity contribution in [2.24, 2.45) is 0 Å². The maximum atomic E-state index is 11.6. The van der Waals surface area contributed by atoms with Crippen molar-refractivity contribution >= 4 is 11.8 Å². The molecular weight excluding hydrogens is 232 g/mol. The molecule has 98 valence electrons. The zero-order chi connectivity index (χ0) is 13.4. The van der Waals surface area contributed by atoms with Gasteiger partial charge in [-0.15, -0.1) is 0 Å². The number of benzene rings is 1. The summed E-state index contributed by atoms with van der Waals surface area (Å²) in [7, 11) is 0. The number of hydrogen-bond donors (Lipinski definition) is 0. The first-order chi connectivity index (χ1) is 8.69. The Balaban J connectivity index is 2.69. The number of esters is 1.